The topological polar surface area (TPSA) is 55.6 Å². The number of hydrogen-bond acceptors (Lipinski definition) is 4. The molecule has 2 aromatic rings. The van der Waals surface area contributed by atoms with Crippen LogP contribution < -0.4 is 10.2 Å². The van der Waals surface area contributed by atoms with Crippen LogP contribution in [0.4, 0.5) is 0 Å². The smallest absolute Gasteiger partial charge is 0.243 e. The van der Waals surface area contributed by atoms with Crippen LogP contribution in [0.5, 0.6) is 0 Å². The van der Waals surface area contributed by atoms with E-state index >= 15 is 0 Å². The Kier molecular flexibility index (Phi) is 3.84. The van der Waals surface area contributed by atoms with Gasteiger partial charge in [0.15, 0.2) is 0 Å². The van der Waals surface area contributed by atoms with Crippen LogP contribution in [0.3, 0.4) is 0 Å². The molecule has 1 aromatic carbocycles. The first-order valence-corrected chi connectivity index (χ1v) is 7.53. The molecule has 0 spiro atoms. The molecule has 1 aliphatic heterocycles. The summed E-state index contributed by atoms with van der Waals surface area (Å²) < 4.78 is 8.41. The summed E-state index contributed by atoms with van der Waals surface area (Å²) in [4.78, 5) is 12.8. The Morgan fingerprint density at radius 1 is 1.40 bits per heavy atom. The summed E-state index contributed by atoms with van der Waals surface area (Å²) in [5.74, 6) is 0.0120. The molecule has 0 atom stereocenters. The largest absolute Gasteiger partial charge is 0.381 e. The third-order valence-electron chi connectivity index (χ3n) is 3.57. The molecular weight excluding hydrogens is 274 g/mol. The van der Waals surface area contributed by atoms with E-state index in [-0.39, 0.29) is 11.8 Å². The lowest BCUT2D eigenvalue weighted by molar-refractivity contribution is -0.127. The van der Waals surface area contributed by atoms with Crippen LogP contribution in [0.1, 0.15) is 12.8 Å². The zero-order chi connectivity index (χ0) is 13.9. The Labute approximate surface area is 120 Å². The van der Waals surface area contributed by atoms with E-state index in [1.807, 2.05) is 29.8 Å². The maximum Gasteiger partial charge on any atom is 0.243 e. The standard InChI is InChI=1S/C14H17N3O2S/c1-17-11-4-2-3-5-12(11)20-14(17)16-15-13(18)10-6-8-19-9-7-10/h2-5,10H,6-9H2,1H3,(H,15,18)/b16-14-. The monoisotopic (exact) mass is 291 g/mol. The minimum atomic E-state index is -0.00856. The van der Waals surface area contributed by atoms with Gasteiger partial charge in [-0.05, 0) is 25.0 Å². The molecule has 1 saturated heterocycles. The number of aryl methyl sites for hydroxylation is 1. The Morgan fingerprint density at radius 3 is 2.90 bits per heavy atom. The van der Waals surface area contributed by atoms with Crippen LogP contribution in [0, 0.1) is 5.92 Å². The van der Waals surface area contributed by atoms with Crippen molar-refractivity contribution in [3.8, 4) is 0 Å². The highest BCUT2D eigenvalue weighted by molar-refractivity contribution is 7.16. The van der Waals surface area contributed by atoms with E-state index in [2.05, 4.69) is 16.6 Å². The summed E-state index contributed by atoms with van der Waals surface area (Å²) in [6.45, 7) is 1.32. The van der Waals surface area contributed by atoms with Crippen LogP contribution >= 0.6 is 11.3 Å². The molecule has 1 N–H and O–H groups in total. The fourth-order valence-electron chi connectivity index (χ4n) is 2.34. The van der Waals surface area contributed by atoms with Crippen molar-refractivity contribution in [3.63, 3.8) is 0 Å². The molecule has 20 heavy (non-hydrogen) atoms. The summed E-state index contributed by atoms with van der Waals surface area (Å²) in [6.07, 6.45) is 1.56. The fraction of sp³-hybridized carbons (Fsp3) is 0.429. The molecule has 3 rings (SSSR count). The molecule has 5 nitrogen and oxygen atoms in total. The zero-order valence-corrected chi connectivity index (χ0v) is 12.2. The third-order valence-corrected chi connectivity index (χ3v) is 4.68. The second-order valence-corrected chi connectivity index (χ2v) is 5.89. The summed E-state index contributed by atoms with van der Waals surface area (Å²) in [5.41, 5.74) is 3.81. The van der Waals surface area contributed by atoms with Gasteiger partial charge < -0.3 is 9.30 Å². The van der Waals surface area contributed by atoms with Gasteiger partial charge in [-0.1, -0.05) is 23.5 Å². The summed E-state index contributed by atoms with van der Waals surface area (Å²) in [6, 6.07) is 8.10. The SMILES string of the molecule is Cn1/c(=N/NC(=O)C2CCOCC2)sc2ccccc21. The first-order valence-electron chi connectivity index (χ1n) is 6.71. The molecule has 1 aliphatic rings. The predicted octanol–water partition coefficient (Wildman–Crippen LogP) is 1.60. The Morgan fingerprint density at radius 2 is 2.15 bits per heavy atom. The number of aromatic nitrogens is 1. The summed E-state index contributed by atoms with van der Waals surface area (Å²) >= 11 is 1.57. The van der Waals surface area contributed by atoms with Crippen LogP contribution in [0.15, 0.2) is 29.4 Å². The lowest BCUT2D eigenvalue weighted by Gasteiger charge is -2.19. The van der Waals surface area contributed by atoms with Crippen LogP contribution in [0.25, 0.3) is 10.2 Å². The number of amides is 1. The minimum absolute atomic E-state index is 0.00856. The lowest BCUT2D eigenvalue weighted by Crippen LogP contribution is -2.33. The molecular formula is C14H17N3O2S. The normalized spacial score (nSPS) is 17.6. The van der Waals surface area contributed by atoms with Crippen molar-refractivity contribution in [3.05, 3.63) is 29.1 Å². The van der Waals surface area contributed by atoms with E-state index in [0.29, 0.717) is 13.2 Å². The number of rotatable bonds is 2. The maximum atomic E-state index is 12.0. The average molecular weight is 291 g/mol. The number of fused-ring (bicyclic) bond motifs is 1. The van der Waals surface area contributed by atoms with Gasteiger partial charge in [-0.3, -0.25) is 4.79 Å². The number of nitrogens with zero attached hydrogens (tertiary/aromatic N) is 2. The van der Waals surface area contributed by atoms with Crippen molar-refractivity contribution in [1.29, 1.82) is 0 Å². The van der Waals surface area contributed by atoms with Crippen molar-refractivity contribution in [2.45, 2.75) is 12.8 Å². The van der Waals surface area contributed by atoms with Gasteiger partial charge in [-0.2, -0.15) is 0 Å². The van der Waals surface area contributed by atoms with E-state index in [0.717, 1.165) is 27.9 Å². The number of carbonyl (C=O) groups is 1. The first kappa shape index (κ1) is 13.3. The van der Waals surface area contributed by atoms with Crippen molar-refractivity contribution in [2.24, 2.45) is 18.1 Å². The molecule has 1 fully saturated rings. The van der Waals surface area contributed by atoms with Crippen LogP contribution in [0.2, 0.25) is 0 Å². The molecule has 1 amide bonds. The third kappa shape index (κ3) is 2.62. The lowest BCUT2D eigenvalue weighted by atomic mass is 10.00. The highest BCUT2D eigenvalue weighted by Gasteiger charge is 2.21. The predicted molar refractivity (Wildman–Crippen MR) is 78.0 cm³/mol. The van der Waals surface area contributed by atoms with Gasteiger partial charge in [0.05, 0.1) is 10.2 Å². The second-order valence-electron chi connectivity index (χ2n) is 4.89. The van der Waals surface area contributed by atoms with E-state index in [9.17, 15) is 4.79 Å². The number of benzene rings is 1. The van der Waals surface area contributed by atoms with Gasteiger partial charge in [0.25, 0.3) is 0 Å². The van der Waals surface area contributed by atoms with Gasteiger partial charge in [0.2, 0.25) is 10.7 Å². The van der Waals surface area contributed by atoms with Crippen molar-refractivity contribution in [1.82, 2.24) is 9.99 Å². The fourth-order valence-corrected chi connectivity index (χ4v) is 3.32. The molecule has 6 heteroatoms. The number of thiazole rings is 1. The zero-order valence-electron chi connectivity index (χ0n) is 11.3. The van der Waals surface area contributed by atoms with Gasteiger partial charge in [-0.25, -0.2) is 5.43 Å². The average Bonchev–Trinajstić information content (AvgIpc) is 2.83. The van der Waals surface area contributed by atoms with E-state index in [1.54, 1.807) is 11.3 Å². The summed E-state index contributed by atoms with van der Waals surface area (Å²) in [7, 11) is 1.96. The highest BCUT2D eigenvalue weighted by atomic mass is 32.1. The van der Waals surface area contributed by atoms with Gasteiger partial charge in [0, 0.05) is 26.2 Å². The summed E-state index contributed by atoms with van der Waals surface area (Å²) in [5, 5.41) is 4.26. The first-order chi connectivity index (χ1) is 9.75. The number of para-hydroxylation sites is 1. The number of nitrogens with one attached hydrogen (secondary N) is 1. The van der Waals surface area contributed by atoms with E-state index < -0.39 is 0 Å². The quantitative estimate of drug-likeness (QED) is 0.854. The number of ether oxygens (including phenoxy) is 1. The molecule has 0 radical (unpaired) electrons. The van der Waals surface area contributed by atoms with Crippen molar-refractivity contribution >= 4 is 27.5 Å². The molecule has 106 valence electrons. The number of carbonyl (C=O) groups excluding carboxylic acids is 1. The minimum Gasteiger partial charge on any atom is -0.381 e. The second kappa shape index (κ2) is 5.76. The van der Waals surface area contributed by atoms with Crippen LogP contribution in [-0.2, 0) is 16.6 Å². The Hall–Kier alpha value is -1.66. The molecule has 0 unspecified atom stereocenters. The van der Waals surface area contributed by atoms with Gasteiger partial charge in [0.1, 0.15) is 0 Å². The molecule has 1 aromatic heterocycles. The van der Waals surface area contributed by atoms with E-state index in [4.69, 9.17) is 4.74 Å². The van der Waals surface area contributed by atoms with E-state index in [1.165, 1.54) is 0 Å². The molecule has 0 aliphatic carbocycles. The number of hydrogen-bond donors (Lipinski definition) is 1. The van der Waals surface area contributed by atoms with Gasteiger partial charge in [-0.15, -0.1) is 5.10 Å². The molecule has 2 heterocycles. The van der Waals surface area contributed by atoms with Crippen molar-refractivity contribution < 1.29 is 9.53 Å². The van der Waals surface area contributed by atoms with Gasteiger partial charge >= 0.3 is 0 Å². The van der Waals surface area contributed by atoms with Crippen molar-refractivity contribution in [2.75, 3.05) is 13.2 Å². The maximum absolute atomic E-state index is 12.0. The Bertz CT molecular complexity index is 683. The molecule has 0 bridgehead atoms. The Balaban J connectivity index is 1.80. The molecule has 0 saturated carbocycles. The highest BCUT2D eigenvalue weighted by Crippen LogP contribution is 2.16. The van der Waals surface area contributed by atoms with Crippen LogP contribution in [-0.4, -0.2) is 23.7 Å².